The van der Waals surface area contributed by atoms with Crippen molar-refractivity contribution in [3.8, 4) is 37.0 Å². The smallest absolute Gasteiger partial charge is 0.335 e. The number of aliphatic carboxylic acids is 3. The second-order valence-corrected chi connectivity index (χ2v) is 41.0. The van der Waals surface area contributed by atoms with Crippen LogP contribution in [0.1, 0.15) is 275 Å². The van der Waals surface area contributed by atoms with Gasteiger partial charge in [0.25, 0.3) is 28.5 Å². The standard InChI is InChI=1S/C49H65N5O11.C32H33N5O10.C27H27N3O5.CH4O2/c1-14-25-54(37-22-17-30-26-36-33(27-32(30)37)42(58)53-38(50-36)28-62-45(61)46(2,3)4)31-18-15-29(16-19-31)41(57)52-35(44(60)65-49(11,12)13)20-23-39(55)51-34(43(59)64-48(8,9)10)21-24-40(56)63-47(5,6)7;1-2-13-37(25-10-5-18-14-24-21(15-20(18)25)30(43)36-26(16-38)33-24)19-6-3-17(4-7-19)29(42)35-23(32(46)47)8-11-27(39)34-22(31(44)45)9-12-28(40)41;1-5-12-30(18-9-6-16(7-10-18)25(32)33)22-11-8-17-13-21-20(14-19(17)22)24(31)29-23(28-21)15-35-26(34)27(2,3)4;1-3-2/h1,15-16,18-19,26-27,34-35,37H,17,20-25,28H2,2-13H3,(H,51,55)(H,52,57)(H,50,53,58);1,3-4,6-7,14-15,22-23,25,38H,5,8-13,16H2,(H,34,39)(H,35,42)(H,40,41)(H,44,45)(H,46,47)(H,33,36,43);1,6-7,9-10,13-14,22H,8,11-12,15H2,2-4H3,(H,32,33)(H,28,29,31);2H,1H3/t34-,35+,37?;22-,23+,25?;;/m11../s1. The van der Waals surface area contributed by atoms with Gasteiger partial charge in [0, 0.05) is 53.9 Å². The van der Waals surface area contributed by atoms with Gasteiger partial charge in [-0.05, 0) is 311 Å². The first-order valence-corrected chi connectivity index (χ1v) is 48.4. The lowest BCUT2D eigenvalue weighted by atomic mass is 9.97. The van der Waals surface area contributed by atoms with Crippen molar-refractivity contribution in [2.24, 2.45) is 10.8 Å². The number of carboxylic acids is 4. The Hall–Kier alpha value is -16.2. The van der Waals surface area contributed by atoms with Crippen molar-refractivity contribution >= 4 is 127 Å². The van der Waals surface area contributed by atoms with Crippen LogP contribution in [0.5, 0.6) is 0 Å². The van der Waals surface area contributed by atoms with Gasteiger partial charge in [0.1, 0.15) is 78.3 Å². The minimum Gasteiger partial charge on any atom is -0.481 e. The Morgan fingerprint density at radius 3 is 1.04 bits per heavy atom. The summed E-state index contributed by atoms with van der Waals surface area (Å²) in [6.07, 6.45) is 19.2. The van der Waals surface area contributed by atoms with Crippen LogP contribution in [-0.2, 0) is 116 Å². The molecule has 13 N–H and O–H groups in total. The first-order valence-electron chi connectivity index (χ1n) is 48.4. The monoisotopic (exact) mass is 2070 g/mol. The van der Waals surface area contributed by atoms with Gasteiger partial charge in [0.15, 0.2) is 0 Å². The van der Waals surface area contributed by atoms with Crippen molar-refractivity contribution in [1.82, 2.24) is 51.2 Å². The molecular weight excluding hydrogens is 1940 g/mol. The van der Waals surface area contributed by atoms with Gasteiger partial charge in [0.05, 0.1) is 94.0 Å². The SMILES string of the molecule is C#CCN(c1ccc(C(=O)N[C@@H](CCC(=O)N[C@H](CCC(=O)O)C(=O)O)C(=O)O)cc1)C1CCc2cc3nc(CO)[nH]c(=O)c3cc21.C#CCN(c1ccc(C(=O)N[C@@H](CCC(=O)N[C@H](CCC(=O)OC(C)(C)C)C(=O)OC(C)(C)C)C(=O)OC(C)(C)C)cc1)C1CCc2cc3nc(COC(=O)C(C)(C)C)[nH]c(=O)c3cc21.C#CCN(c1ccc(C(=O)O)cc1)C1CCc2cc3nc(COC(=O)C(C)(C)C)[nH]c(=O)c3cc21.COO. The molecular formula is C109H129N13O28. The predicted octanol–water partition coefficient (Wildman–Crippen LogP) is 11.2. The van der Waals surface area contributed by atoms with Crippen LogP contribution in [0.2, 0.25) is 0 Å². The fraction of sp³-hybridized carbons (Fsp3) is 0.440. The quantitative estimate of drug-likeness (QED) is 0.00565. The number of aromatic nitrogens is 6. The third-order valence-corrected chi connectivity index (χ3v) is 23.8. The van der Waals surface area contributed by atoms with Crippen molar-refractivity contribution < 1.29 is 122 Å². The number of nitrogens with zero attached hydrogens (tertiary/aromatic N) is 6. The van der Waals surface area contributed by atoms with Gasteiger partial charge < -0.3 is 100 Å². The number of ether oxygens (including phenoxy) is 5. The van der Waals surface area contributed by atoms with Crippen LogP contribution in [0.4, 0.5) is 17.1 Å². The van der Waals surface area contributed by atoms with Crippen molar-refractivity contribution in [3.05, 3.63) is 208 Å². The molecule has 41 heteroatoms. The Morgan fingerprint density at radius 2 is 0.720 bits per heavy atom. The van der Waals surface area contributed by atoms with Crippen molar-refractivity contribution in [2.45, 2.75) is 273 Å². The zero-order valence-corrected chi connectivity index (χ0v) is 86.7. The summed E-state index contributed by atoms with van der Waals surface area (Å²) >= 11 is 0. The topological polar surface area (TPSA) is 594 Å². The fourth-order valence-corrected chi connectivity index (χ4v) is 16.8. The number of carbonyl (C=O) groups is 13. The number of aliphatic hydroxyl groups is 1. The number of amides is 4. The third kappa shape index (κ3) is 33.2. The molecule has 3 unspecified atom stereocenters. The molecule has 4 amide bonds. The number of fused-ring (bicyclic) bond motifs is 6. The Kier molecular flexibility index (Phi) is 40.2. The fourth-order valence-electron chi connectivity index (χ4n) is 16.8. The van der Waals surface area contributed by atoms with Gasteiger partial charge in [-0.1, -0.05) is 17.8 Å². The van der Waals surface area contributed by atoms with E-state index in [0.29, 0.717) is 82.1 Å². The molecule has 0 bridgehead atoms. The lowest BCUT2D eigenvalue weighted by Gasteiger charge is -2.30. The van der Waals surface area contributed by atoms with Gasteiger partial charge in [-0.2, -0.15) is 0 Å². The third-order valence-electron chi connectivity index (χ3n) is 23.8. The largest absolute Gasteiger partial charge is 0.481 e. The molecule has 6 aromatic carbocycles. The highest BCUT2D eigenvalue weighted by atomic mass is 17.1. The molecule has 3 aliphatic carbocycles. The number of carboxylic acid groups (broad SMARTS) is 4. The summed E-state index contributed by atoms with van der Waals surface area (Å²) in [5.74, 6) is -1.85. The summed E-state index contributed by atoms with van der Waals surface area (Å²) in [4.78, 5) is 230. The molecule has 0 saturated carbocycles. The number of aliphatic hydroxyl groups excluding tert-OH is 1. The Labute approximate surface area is 865 Å². The number of benzene rings is 6. The molecule has 3 aromatic heterocycles. The van der Waals surface area contributed by atoms with E-state index in [4.69, 9.17) is 53.3 Å². The first kappa shape index (κ1) is 117. The zero-order valence-electron chi connectivity index (χ0n) is 86.7. The number of anilines is 3. The summed E-state index contributed by atoms with van der Waals surface area (Å²) in [6.45, 7) is 25.8. The lowest BCUT2D eigenvalue weighted by Crippen LogP contribution is -2.47. The van der Waals surface area contributed by atoms with Gasteiger partial charge in [0.2, 0.25) is 11.8 Å². The molecule has 0 fully saturated rings. The van der Waals surface area contributed by atoms with Crippen molar-refractivity contribution in [3.63, 3.8) is 0 Å². The molecule has 7 atom stereocenters. The van der Waals surface area contributed by atoms with E-state index >= 15 is 0 Å². The van der Waals surface area contributed by atoms with Crippen LogP contribution >= 0.6 is 0 Å². The van der Waals surface area contributed by atoms with E-state index in [1.54, 1.807) is 171 Å². The number of rotatable bonds is 37. The average Bonchev–Trinajstić information content (AvgIpc) is 1.60. The maximum atomic E-state index is 13.7. The molecule has 41 nitrogen and oxygen atoms in total. The van der Waals surface area contributed by atoms with Crippen molar-refractivity contribution in [2.75, 3.05) is 41.4 Å². The summed E-state index contributed by atoms with van der Waals surface area (Å²) in [5.41, 5.74) is 5.26. The molecule has 798 valence electrons. The second kappa shape index (κ2) is 51.4. The average molecular weight is 2070 g/mol. The Balaban J connectivity index is 0.000000257. The van der Waals surface area contributed by atoms with E-state index in [0.717, 1.165) is 51.9 Å². The Morgan fingerprint density at radius 1 is 0.420 bits per heavy atom. The van der Waals surface area contributed by atoms with Crippen LogP contribution in [0.15, 0.2) is 124 Å². The maximum Gasteiger partial charge on any atom is 0.335 e. The van der Waals surface area contributed by atoms with Gasteiger partial charge in [-0.3, -0.25) is 58.0 Å². The van der Waals surface area contributed by atoms with E-state index in [-0.39, 0.29) is 134 Å². The highest BCUT2D eigenvalue weighted by molar-refractivity contribution is 5.99. The number of hydrogen-bond donors (Lipinski definition) is 13. The number of esters is 5. The highest BCUT2D eigenvalue weighted by Gasteiger charge is 2.38. The molecule has 0 aliphatic heterocycles. The lowest BCUT2D eigenvalue weighted by molar-refractivity contribution is -0.214. The normalized spacial score (nSPS) is 14.6. The number of aryl methyl sites for hydroxylation is 3. The van der Waals surface area contributed by atoms with E-state index in [9.17, 15) is 97.1 Å². The van der Waals surface area contributed by atoms with Gasteiger partial charge in [-0.15, -0.1) is 19.3 Å². The van der Waals surface area contributed by atoms with Gasteiger partial charge >= 0.3 is 53.7 Å². The molecule has 3 heterocycles. The minimum absolute atomic E-state index is 0.0621. The number of carbonyl (C=O) groups excluding carboxylic acids is 9. The van der Waals surface area contributed by atoms with Crippen LogP contribution in [0, 0.1) is 47.9 Å². The number of terminal acetylenes is 3. The summed E-state index contributed by atoms with van der Waals surface area (Å²) in [7, 11) is 1.18. The van der Waals surface area contributed by atoms with E-state index < -0.39 is 143 Å². The number of hydrogen-bond acceptors (Lipinski definition) is 30. The van der Waals surface area contributed by atoms with Crippen LogP contribution in [-0.4, -0.2) is 206 Å². The molecule has 12 rings (SSSR count). The van der Waals surface area contributed by atoms with E-state index in [1.807, 2.05) is 45.0 Å². The van der Waals surface area contributed by atoms with Crippen LogP contribution < -0.4 is 52.6 Å². The summed E-state index contributed by atoms with van der Waals surface area (Å²) in [6, 6.07) is 24.9. The second-order valence-electron chi connectivity index (χ2n) is 41.0. The highest BCUT2D eigenvalue weighted by Crippen LogP contribution is 2.44. The summed E-state index contributed by atoms with van der Waals surface area (Å²) < 4.78 is 27.1. The molecule has 3 aliphatic rings. The van der Waals surface area contributed by atoms with Crippen molar-refractivity contribution in [1.29, 1.82) is 0 Å². The van der Waals surface area contributed by atoms with Crippen LogP contribution in [0.25, 0.3) is 32.7 Å². The Bertz CT molecular complexity index is 6840. The predicted molar refractivity (Wildman–Crippen MR) is 553 cm³/mol. The number of aromatic carboxylic acids is 1. The van der Waals surface area contributed by atoms with E-state index in [2.05, 4.69) is 73.8 Å². The summed E-state index contributed by atoms with van der Waals surface area (Å²) in [5, 5.41) is 64.3. The molecule has 9 aromatic rings. The number of H-pyrrole nitrogens is 3. The molecule has 150 heavy (non-hydrogen) atoms. The first-order chi connectivity index (χ1) is 70.4. The maximum absolute atomic E-state index is 13.7. The van der Waals surface area contributed by atoms with E-state index in [1.165, 1.54) is 19.2 Å². The molecule has 0 saturated heterocycles. The number of aromatic amines is 3. The van der Waals surface area contributed by atoms with Gasteiger partial charge in [-0.25, -0.2) is 43.8 Å². The minimum atomic E-state index is -1.47. The molecule has 0 spiro atoms. The molecule has 0 radical (unpaired) electrons. The number of nitrogens with one attached hydrogen (secondary N) is 7. The zero-order chi connectivity index (χ0) is 111. The van der Waals surface area contributed by atoms with Crippen LogP contribution in [0.3, 0.4) is 0 Å².